The molecule has 2 aromatic carbocycles. The highest BCUT2D eigenvalue weighted by Gasteiger charge is 2.26. The number of phenolic OH excluding ortho intramolecular Hbond substituents is 2. The lowest BCUT2D eigenvalue weighted by molar-refractivity contribution is -0.114. The fraction of sp³-hybridized carbons (Fsp3) is 0.0588. The maximum atomic E-state index is 12.1. The van der Waals surface area contributed by atoms with E-state index in [4.69, 9.17) is 0 Å². The summed E-state index contributed by atoms with van der Waals surface area (Å²) in [4.78, 5) is 24.0. The highest BCUT2D eigenvalue weighted by atomic mass is 16.3. The van der Waals surface area contributed by atoms with Crippen LogP contribution in [0.15, 0.2) is 42.6 Å². The molecule has 0 aliphatic carbocycles. The molecule has 0 aromatic heterocycles. The summed E-state index contributed by atoms with van der Waals surface area (Å²) in [7, 11) is 1.88. The van der Waals surface area contributed by atoms with Crippen LogP contribution in [0, 0.1) is 0 Å². The summed E-state index contributed by atoms with van der Waals surface area (Å²) >= 11 is 0. The molecular formula is C17H15BN2O4. The van der Waals surface area contributed by atoms with Crippen molar-refractivity contribution in [2.24, 2.45) is 0 Å². The Morgan fingerprint density at radius 1 is 1.04 bits per heavy atom. The van der Waals surface area contributed by atoms with Gasteiger partial charge in [-0.3, -0.25) is 14.9 Å². The number of amides is 2. The summed E-state index contributed by atoms with van der Waals surface area (Å²) in [6.45, 7) is 0.214. The molecule has 1 heterocycles. The number of nitrogens with one attached hydrogen (secondary N) is 2. The molecule has 7 heteroatoms. The molecule has 6 nitrogen and oxygen atoms in total. The highest BCUT2D eigenvalue weighted by Crippen LogP contribution is 2.24. The van der Waals surface area contributed by atoms with Gasteiger partial charge in [-0.1, -0.05) is 17.6 Å². The van der Waals surface area contributed by atoms with Crippen LogP contribution in [0.1, 0.15) is 21.5 Å². The van der Waals surface area contributed by atoms with E-state index in [-0.39, 0.29) is 18.0 Å². The number of carbonyl (C=O) groups is 2. The molecule has 4 N–H and O–H groups in total. The van der Waals surface area contributed by atoms with Crippen molar-refractivity contribution in [2.75, 3.05) is 0 Å². The van der Waals surface area contributed by atoms with Crippen LogP contribution in [0.5, 0.6) is 11.5 Å². The molecule has 0 saturated carbocycles. The van der Waals surface area contributed by atoms with E-state index < -0.39 is 11.8 Å². The lowest BCUT2D eigenvalue weighted by atomic mass is 9.87. The molecule has 1 aliphatic rings. The fourth-order valence-electron chi connectivity index (χ4n) is 2.56. The highest BCUT2D eigenvalue weighted by molar-refractivity contribution is 6.35. The molecule has 0 saturated heterocycles. The van der Waals surface area contributed by atoms with Crippen LogP contribution in [0.3, 0.4) is 0 Å². The molecule has 0 bridgehead atoms. The molecule has 0 spiro atoms. The van der Waals surface area contributed by atoms with Gasteiger partial charge in [-0.25, -0.2) is 0 Å². The third kappa shape index (κ3) is 2.96. The first-order valence-corrected chi connectivity index (χ1v) is 7.37. The van der Waals surface area contributed by atoms with Crippen molar-refractivity contribution in [3.8, 4) is 11.5 Å². The second kappa shape index (κ2) is 6.12. The van der Waals surface area contributed by atoms with Crippen LogP contribution >= 0.6 is 0 Å². The Labute approximate surface area is 139 Å². The minimum absolute atomic E-state index is 0.0400. The average Bonchev–Trinajstić information content (AvgIpc) is 2.53. The van der Waals surface area contributed by atoms with Crippen molar-refractivity contribution in [3.05, 3.63) is 59.3 Å². The molecule has 3 rings (SSSR count). The number of rotatable bonds is 3. The zero-order valence-corrected chi connectivity index (χ0v) is 13.0. The van der Waals surface area contributed by atoms with E-state index in [0.717, 1.165) is 5.46 Å². The van der Waals surface area contributed by atoms with Gasteiger partial charge in [0.25, 0.3) is 11.8 Å². The lowest BCUT2D eigenvalue weighted by Crippen LogP contribution is -2.37. The van der Waals surface area contributed by atoms with Gasteiger partial charge in [-0.2, -0.15) is 0 Å². The van der Waals surface area contributed by atoms with E-state index >= 15 is 0 Å². The Kier molecular flexibility index (Phi) is 3.99. The molecule has 0 radical (unpaired) electrons. The van der Waals surface area contributed by atoms with E-state index in [9.17, 15) is 19.8 Å². The SMILES string of the molecule is Bc1ccc2c(c1)/C(=C/NCc1cc(O)ccc1O)C(=O)NC2=O. The Morgan fingerprint density at radius 3 is 2.62 bits per heavy atom. The largest absolute Gasteiger partial charge is 0.508 e. The number of benzene rings is 2. The van der Waals surface area contributed by atoms with Crippen molar-refractivity contribution in [1.82, 2.24) is 10.6 Å². The fourth-order valence-corrected chi connectivity index (χ4v) is 2.56. The molecule has 0 atom stereocenters. The third-order valence-corrected chi connectivity index (χ3v) is 3.78. The van der Waals surface area contributed by atoms with Gasteiger partial charge in [0.2, 0.25) is 0 Å². The van der Waals surface area contributed by atoms with Gasteiger partial charge < -0.3 is 15.5 Å². The molecule has 24 heavy (non-hydrogen) atoms. The number of fused-ring (bicyclic) bond motifs is 1. The Hall–Kier alpha value is -3.22. The maximum absolute atomic E-state index is 12.1. The second-order valence-electron chi connectivity index (χ2n) is 5.58. The number of aromatic hydroxyl groups is 2. The third-order valence-electron chi connectivity index (χ3n) is 3.78. The van der Waals surface area contributed by atoms with E-state index in [1.165, 1.54) is 24.4 Å². The normalized spacial score (nSPS) is 15.1. The number of hydrogen-bond donors (Lipinski definition) is 4. The average molecular weight is 322 g/mol. The molecule has 2 amide bonds. The summed E-state index contributed by atoms with van der Waals surface area (Å²) in [6, 6.07) is 9.49. The van der Waals surface area contributed by atoms with Crippen LogP contribution in [0.25, 0.3) is 5.57 Å². The smallest absolute Gasteiger partial charge is 0.260 e. The van der Waals surface area contributed by atoms with Crippen molar-refractivity contribution in [1.29, 1.82) is 0 Å². The van der Waals surface area contributed by atoms with Crippen molar-refractivity contribution in [3.63, 3.8) is 0 Å². The summed E-state index contributed by atoms with van der Waals surface area (Å²) in [6.07, 6.45) is 1.50. The first kappa shape index (κ1) is 15.7. The van der Waals surface area contributed by atoms with E-state index in [0.29, 0.717) is 22.3 Å². The zero-order chi connectivity index (χ0) is 17.3. The van der Waals surface area contributed by atoms with Gasteiger partial charge in [0.15, 0.2) is 0 Å². The first-order chi connectivity index (χ1) is 11.5. The van der Waals surface area contributed by atoms with Crippen LogP contribution in [0.4, 0.5) is 0 Å². The van der Waals surface area contributed by atoms with E-state index in [1.807, 2.05) is 13.9 Å². The summed E-state index contributed by atoms with van der Waals surface area (Å²) in [5, 5.41) is 24.5. The van der Waals surface area contributed by atoms with Crippen molar-refractivity contribution < 1.29 is 19.8 Å². The van der Waals surface area contributed by atoms with E-state index in [2.05, 4.69) is 10.6 Å². The maximum Gasteiger partial charge on any atom is 0.260 e. The Morgan fingerprint density at radius 2 is 1.83 bits per heavy atom. The molecular weight excluding hydrogens is 307 g/mol. The van der Waals surface area contributed by atoms with Gasteiger partial charge in [0.05, 0.1) is 5.57 Å². The zero-order valence-electron chi connectivity index (χ0n) is 13.0. The second-order valence-corrected chi connectivity index (χ2v) is 5.58. The van der Waals surface area contributed by atoms with Gasteiger partial charge in [-0.05, 0) is 24.3 Å². The van der Waals surface area contributed by atoms with Crippen LogP contribution in [0.2, 0.25) is 0 Å². The van der Waals surface area contributed by atoms with Crippen LogP contribution in [-0.2, 0) is 11.3 Å². The molecule has 0 unspecified atom stereocenters. The number of hydrogen-bond acceptors (Lipinski definition) is 5. The van der Waals surface area contributed by atoms with Gasteiger partial charge in [0, 0.05) is 29.4 Å². The minimum Gasteiger partial charge on any atom is -0.508 e. The van der Waals surface area contributed by atoms with Gasteiger partial charge in [-0.15, -0.1) is 0 Å². The molecule has 2 aromatic rings. The predicted octanol–water partition coefficient (Wildman–Crippen LogP) is -0.243. The summed E-state index contributed by atoms with van der Waals surface area (Å²) < 4.78 is 0. The molecule has 1 aliphatic heterocycles. The Bertz CT molecular complexity index is 877. The quantitative estimate of drug-likeness (QED) is 0.271. The first-order valence-electron chi connectivity index (χ1n) is 7.37. The Balaban J connectivity index is 1.88. The topological polar surface area (TPSA) is 98.7 Å². The van der Waals surface area contributed by atoms with Crippen molar-refractivity contribution >= 4 is 30.7 Å². The molecule has 0 fully saturated rings. The standard InChI is InChI=1S/C17H15BN2O4/c18-10-1-3-12-13(6-10)14(17(24)20-16(12)23)8-19-7-9-5-11(21)2-4-15(9)22/h1-6,8,19,21-22H,7,18H2,(H,20,23,24)/b14-8-. The number of carbonyl (C=O) groups excluding carboxylic acids is 2. The molecule has 120 valence electrons. The summed E-state index contributed by atoms with van der Waals surface area (Å²) in [5.41, 5.74) is 2.77. The van der Waals surface area contributed by atoms with Crippen LogP contribution in [-0.4, -0.2) is 29.9 Å². The monoisotopic (exact) mass is 322 g/mol. The van der Waals surface area contributed by atoms with Gasteiger partial charge >= 0.3 is 0 Å². The summed E-state index contributed by atoms with van der Waals surface area (Å²) in [5.74, 6) is -0.819. The van der Waals surface area contributed by atoms with Crippen LogP contribution < -0.4 is 16.1 Å². The number of imide groups is 1. The van der Waals surface area contributed by atoms with Gasteiger partial charge in [0.1, 0.15) is 19.3 Å². The minimum atomic E-state index is -0.481. The lowest BCUT2D eigenvalue weighted by Gasteiger charge is -2.19. The predicted molar refractivity (Wildman–Crippen MR) is 91.7 cm³/mol. The van der Waals surface area contributed by atoms with E-state index in [1.54, 1.807) is 12.1 Å². The van der Waals surface area contributed by atoms with Crippen molar-refractivity contribution in [2.45, 2.75) is 6.54 Å². The number of phenols is 2.